The van der Waals surface area contributed by atoms with Gasteiger partial charge in [0.1, 0.15) is 0 Å². The second-order valence-corrected chi connectivity index (χ2v) is 6.03. The van der Waals surface area contributed by atoms with Gasteiger partial charge in [-0.25, -0.2) is 0 Å². The van der Waals surface area contributed by atoms with Crippen molar-refractivity contribution in [3.8, 4) is 28.7 Å². The van der Waals surface area contributed by atoms with Gasteiger partial charge < -0.3 is 29.4 Å². The molecule has 0 bridgehead atoms. The molecule has 0 amide bonds. The zero-order chi connectivity index (χ0) is 20.0. The molecule has 0 fully saturated rings. The highest BCUT2D eigenvalue weighted by Crippen LogP contribution is 2.44. The van der Waals surface area contributed by atoms with Gasteiger partial charge in [-0.3, -0.25) is 4.79 Å². The molecule has 2 rings (SSSR count). The first-order valence-corrected chi connectivity index (χ1v) is 8.59. The van der Waals surface area contributed by atoms with Crippen LogP contribution in [0.1, 0.15) is 10.4 Å². The van der Waals surface area contributed by atoms with Crippen molar-refractivity contribution in [3.63, 3.8) is 0 Å². The molecule has 2 N–H and O–H groups in total. The van der Waals surface area contributed by atoms with Gasteiger partial charge in [-0.05, 0) is 34.1 Å². The first-order chi connectivity index (χ1) is 13.0. The number of rotatable bonds is 8. The Kier molecular flexibility index (Phi) is 6.95. The zero-order valence-electron chi connectivity index (χ0n) is 15.3. The minimum atomic E-state index is -0.286. The van der Waals surface area contributed by atoms with Gasteiger partial charge in [0.2, 0.25) is 5.75 Å². The SMILES string of the molecule is COc1ccc(N/C=C\C(=O)c2cc(OC)c(OC)c(OC)c2Br)cc1O. The van der Waals surface area contributed by atoms with Gasteiger partial charge in [0.15, 0.2) is 28.8 Å². The lowest BCUT2D eigenvalue weighted by atomic mass is 10.1. The fourth-order valence-corrected chi connectivity index (χ4v) is 3.04. The van der Waals surface area contributed by atoms with Gasteiger partial charge in [-0.2, -0.15) is 0 Å². The third-order valence-electron chi connectivity index (χ3n) is 3.70. The first-order valence-electron chi connectivity index (χ1n) is 7.79. The Balaban J connectivity index is 2.25. The summed E-state index contributed by atoms with van der Waals surface area (Å²) in [7, 11) is 5.91. The Bertz CT molecular complexity index is 866. The van der Waals surface area contributed by atoms with Crippen LogP contribution in [-0.2, 0) is 0 Å². The number of phenolic OH excluding ortho intramolecular Hbond substituents is 1. The molecule has 27 heavy (non-hydrogen) atoms. The molecule has 7 nitrogen and oxygen atoms in total. The van der Waals surface area contributed by atoms with Crippen LogP contribution in [0.3, 0.4) is 0 Å². The molecule has 0 aliphatic heterocycles. The summed E-state index contributed by atoms with van der Waals surface area (Å²) >= 11 is 3.38. The predicted octanol–water partition coefficient (Wildman–Crippen LogP) is 4.00. The molecule has 0 saturated heterocycles. The number of allylic oxidation sites excluding steroid dienone is 1. The first kappa shape index (κ1) is 20.4. The van der Waals surface area contributed by atoms with E-state index in [9.17, 15) is 9.90 Å². The van der Waals surface area contributed by atoms with E-state index in [1.54, 1.807) is 18.2 Å². The number of nitrogens with one attached hydrogen (secondary N) is 1. The van der Waals surface area contributed by atoms with Crippen LogP contribution in [0.2, 0.25) is 0 Å². The number of phenols is 1. The van der Waals surface area contributed by atoms with Gasteiger partial charge in [-0.15, -0.1) is 0 Å². The van der Waals surface area contributed by atoms with Crippen LogP contribution in [0.15, 0.2) is 41.0 Å². The quantitative estimate of drug-likeness (QED) is 0.476. The van der Waals surface area contributed by atoms with Crippen molar-refractivity contribution in [2.45, 2.75) is 0 Å². The third kappa shape index (κ3) is 4.46. The standard InChI is InChI=1S/C19H20BrNO6/c1-24-15-6-5-11(9-14(15)23)21-8-7-13(22)12-10-16(25-2)18(26-3)19(27-4)17(12)20/h5-10,21,23H,1-4H3/b8-7-. The average Bonchev–Trinajstić information content (AvgIpc) is 2.67. The summed E-state index contributed by atoms with van der Waals surface area (Å²) in [5.41, 5.74) is 0.946. The fraction of sp³-hybridized carbons (Fsp3) is 0.211. The van der Waals surface area contributed by atoms with Crippen molar-refractivity contribution >= 4 is 27.4 Å². The number of anilines is 1. The van der Waals surface area contributed by atoms with Crippen LogP contribution in [0.25, 0.3) is 0 Å². The largest absolute Gasteiger partial charge is 0.504 e. The molecule has 144 valence electrons. The van der Waals surface area contributed by atoms with Crippen LogP contribution < -0.4 is 24.3 Å². The molecule has 0 heterocycles. The van der Waals surface area contributed by atoms with Gasteiger partial charge >= 0.3 is 0 Å². The minimum absolute atomic E-state index is 0.00500. The topological polar surface area (TPSA) is 86.3 Å². The molecule has 2 aromatic rings. The van der Waals surface area contributed by atoms with Crippen LogP contribution in [0.4, 0.5) is 5.69 Å². The Hall–Kier alpha value is -2.87. The van der Waals surface area contributed by atoms with Crippen LogP contribution in [0, 0.1) is 0 Å². The average molecular weight is 438 g/mol. The number of ketones is 1. The van der Waals surface area contributed by atoms with E-state index >= 15 is 0 Å². The van der Waals surface area contributed by atoms with Crippen molar-refractivity contribution in [3.05, 3.63) is 46.6 Å². The highest BCUT2D eigenvalue weighted by atomic mass is 79.9. The maximum atomic E-state index is 12.6. The molecule has 0 unspecified atom stereocenters. The van der Waals surface area contributed by atoms with Gasteiger partial charge in [-0.1, -0.05) is 0 Å². The van der Waals surface area contributed by atoms with E-state index in [0.29, 0.717) is 38.7 Å². The molecule has 0 atom stereocenters. The Morgan fingerprint density at radius 3 is 2.22 bits per heavy atom. The summed E-state index contributed by atoms with van der Waals surface area (Å²) in [4.78, 5) is 12.6. The van der Waals surface area contributed by atoms with Crippen molar-refractivity contribution in [2.24, 2.45) is 0 Å². The second kappa shape index (κ2) is 9.18. The molecule has 8 heteroatoms. The monoisotopic (exact) mass is 437 g/mol. The predicted molar refractivity (Wildman–Crippen MR) is 106 cm³/mol. The Morgan fingerprint density at radius 1 is 1.00 bits per heavy atom. The Labute approximate surface area is 165 Å². The third-order valence-corrected chi connectivity index (χ3v) is 4.49. The Morgan fingerprint density at radius 2 is 1.67 bits per heavy atom. The van der Waals surface area contributed by atoms with E-state index in [2.05, 4.69) is 21.2 Å². The highest BCUT2D eigenvalue weighted by Gasteiger charge is 2.21. The van der Waals surface area contributed by atoms with Crippen LogP contribution in [0.5, 0.6) is 28.7 Å². The molecular weight excluding hydrogens is 418 g/mol. The number of halogens is 1. The molecule has 2 aromatic carbocycles. The molecule has 0 saturated carbocycles. The second-order valence-electron chi connectivity index (χ2n) is 5.24. The lowest BCUT2D eigenvalue weighted by Gasteiger charge is -2.15. The van der Waals surface area contributed by atoms with Gasteiger partial charge in [0, 0.05) is 29.6 Å². The van der Waals surface area contributed by atoms with Gasteiger partial charge in [0.25, 0.3) is 0 Å². The summed E-state index contributed by atoms with van der Waals surface area (Å²) in [6, 6.07) is 6.38. The summed E-state index contributed by atoms with van der Waals surface area (Å²) in [5, 5.41) is 12.7. The van der Waals surface area contributed by atoms with E-state index in [1.165, 1.54) is 46.8 Å². The van der Waals surface area contributed by atoms with Crippen molar-refractivity contribution < 1.29 is 28.8 Å². The maximum Gasteiger partial charge on any atom is 0.204 e. The minimum Gasteiger partial charge on any atom is -0.504 e. The highest BCUT2D eigenvalue weighted by molar-refractivity contribution is 9.10. The van der Waals surface area contributed by atoms with Crippen molar-refractivity contribution in [2.75, 3.05) is 33.8 Å². The number of aromatic hydroxyl groups is 1. The van der Waals surface area contributed by atoms with E-state index in [-0.39, 0.29) is 11.5 Å². The van der Waals surface area contributed by atoms with E-state index in [0.717, 1.165) is 0 Å². The summed E-state index contributed by atoms with van der Waals surface area (Å²) in [6.07, 6.45) is 2.83. The number of hydrogen-bond donors (Lipinski definition) is 2. The zero-order valence-corrected chi connectivity index (χ0v) is 16.9. The number of ether oxygens (including phenoxy) is 4. The van der Waals surface area contributed by atoms with E-state index in [4.69, 9.17) is 18.9 Å². The molecule has 0 radical (unpaired) electrons. The maximum absolute atomic E-state index is 12.6. The molecule has 0 aliphatic carbocycles. The van der Waals surface area contributed by atoms with Crippen molar-refractivity contribution in [1.82, 2.24) is 0 Å². The number of benzene rings is 2. The van der Waals surface area contributed by atoms with Crippen LogP contribution in [-0.4, -0.2) is 39.3 Å². The molecule has 0 aromatic heterocycles. The summed E-state index contributed by atoms with van der Waals surface area (Å²) in [6.45, 7) is 0. The lowest BCUT2D eigenvalue weighted by molar-refractivity contribution is 0.104. The van der Waals surface area contributed by atoms with Crippen molar-refractivity contribution in [1.29, 1.82) is 0 Å². The number of carbonyl (C=O) groups is 1. The lowest BCUT2D eigenvalue weighted by Crippen LogP contribution is -2.03. The smallest absolute Gasteiger partial charge is 0.204 e. The normalized spacial score (nSPS) is 10.6. The number of hydrogen-bond acceptors (Lipinski definition) is 7. The van der Waals surface area contributed by atoms with E-state index in [1.807, 2.05) is 0 Å². The summed E-state index contributed by atoms with van der Waals surface area (Å²) in [5.74, 6) is 1.20. The molecular formula is C19H20BrNO6. The molecule has 0 spiro atoms. The fourth-order valence-electron chi connectivity index (χ4n) is 2.38. The molecule has 0 aliphatic rings. The van der Waals surface area contributed by atoms with Crippen LogP contribution >= 0.6 is 15.9 Å². The van der Waals surface area contributed by atoms with E-state index < -0.39 is 0 Å². The number of carbonyl (C=O) groups excluding carboxylic acids is 1. The summed E-state index contributed by atoms with van der Waals surface area (Å²) < 4.78 is 21.3. The van der Waals surface area contributed by atoms with Gasteiger partial charge in [0.05, 0.1) is 32.9 Å². The number of methoxy groups -OCH3 is 4.